The number of ether oxygens (including phenoxy) is 1. The first-order chi connectivity index (χ1) is 8.70. The molecule has 0 unspecified atom stereocenters. The number of hydrogen-bond acceptors (Lipinski definition) is 1. The van der Waals surface area contributed by atoms with Crippen LogP contribution < -0.4 is 4.74 Å². The minimum absolute atomic E-state index is 0.209. The third-order valence-electron chi connectivity index (χ3n) is 2.50. The summed E-state index contributed by atoms with van der Waals surface area (Å²) in [6.45, 7) is 5.95. The molecule has 96 valence electrons. The molecule has 0 saturated carbocycles. The second-order valence-corrected chi connectivity index (χ2v) is 3.72. The Bertz CT molecular complexity index is 506. The van der Waals surface area contributed by atoms with Crippen molar-refractivity contribution in [3.05, 3.63) is 53.8 Å². The molecule has 0 atom stereocenters. The molecule has 0 aliphatic rings. The molecule has 0 bridgehead atoms. The fraction of sp³-hybridized carbons (Fsp3) is 0.250. The van der Waals surface area contributed by atoms with Crippen molar-refractivity contribution in [3.63, 3.8) is 0 Å². The zero-order chi connectivity index (χ0) is 13.5. The maximum atomic E-state index is 13.7. The van der Waals surface area contributed by atoms with Crippen LogP contribution in [0.1, 0.15) is 19.4 Å². The number of halogens is 1. The third-order valence-corrected chi connectivity index (χ3v) is 2.50. The molecule has 2 rings (SSSR count). The van der Waals surface area contributed by atoms with Crippen LogP contribution in [-0.2, 0) is 0 Å². The van der Waals surface area contributed by atoms with Gasteiger partial charge in [-0.3, -0.25) is 0 Å². The molecule has 2 heteroatoms. The van der Waals surface area contributed by atoms with Crippen LogP contribution >= 0.6 is 0 Å². The summed E-state index contributed by atoms with van der Waals surface area (Å²) in [6, 6.07) is 12.5. The van der Waals surface area contributed by atoms with Gasteiger partial charge in [-0.1, -0.05) is 37.6 Å². The van der Waals surface area contributed by atoms with Crippen LogP contribution in [-0.4, -0.2) is 7.11 Å². The third kappa shape index (κ3) is 3.33. The molecule has 18 heavy (non-hydrogen) atoms. The zero-order valence-corrected chi connectivity index (χ0v) is 11.3. The van der Waals surface area contributed by atoms with E-state index < -0.39 is 0 Å². The van der Waals surface area contributed by atoms with Crippen LogP contribution in [0.25, 0.3) is 11.1 Å². The van der Waals surface area contributed by atoms with E-state index in [-0.39, 0.29) is 5.82 Å². The topological polar surface area (TPSA) is 9.23 Å². The molecule has 1 nitrogen and oxygen atoms in total. The molecule has 0 saturated heterocycles. The van der Waals surface area contributed by atoms with Gasteiger partial charge in [0.1, 0.15) is 11.6 Å². The first-order valence-corrected chi connectivity index (χ1v) is 6.11. The van der Waals surface area contributed by atoms with Gasteiger partial charge in [0.05, 0.1) is 7.11 Å². The Morgan fingerprint density at radius 3 is 2.39 bits per heavy atom. The molecule has 0 aliphatic carbocycles. The van der Waals surface area contributed by atoms with E-state index in [0.29, 0.717) is 5.56 Å². The van der Waals surface area contributed by atoms with Crippen LogP contribution in [0.15, 0.2) is 42.5 Å². The second-order valence-electron chi connectivity index (χ2n) is 3.72. The smallest absolute Gasteiger partial charge is 0.131 e. The Kier molecular flexibility index (Phi) is 5.37. The van der Waals surface area contributed by atoms with E-state index >= 15 is 0 Å². The minimum Gasteiger partial charge on any atom is -0.497 e. The molecule has 0 aromatic heterocycles. The summed E-state index contributed by atoms with van der Waals surface area (Å²) in [6.07, 6.45) is 0. The van der Waals surface area contributed by atoms with Crippen molar-refractivity contribution in [2.24, 2.45) is 0 Å². The highest BCUT2D eigenvalue weighted by atomic mass is 19.1. The van der Waals surface area contributed by atoms with E-state index in [0.717, 1.165) is 16.9 Å². The average Bonchev–Trinajstić information content (AvgIpc) is 2.44. The van der Waals surface area contributed by atoms with E-state index in [2.05, 4.69) is 0 Å². The summed E-state index contributed by atoms with van der Waals surface area (Å²) in [4.78, 5) is 0. The van der Waals surface area contributed by atoms with Crippen LogP contribution in [0, 0.1) is 12.7 Å². The summed E-state index contributed by atoms with van der Waals surface area (Å²) in [5.74, 6) is 0.525. The number of rotatable bonds is 2. The van der Waals surface area contributed by atoms with Gasteiger partial charge in [0.15, 0.2) is 0 Å². The minimum atomic E-state index is -0.209. The molecule has 0 amide bonds. The summed E-state index contributed by atoms with van der Waals surface area (Å²) < 4.78 is 18.8. The van der Waals surface area contributed by atoms with Gasteiger partial charge in [-0.15, -0.1) is 0 Å². The molecule has 2 aromatic rings. The van der Waals surface area contributed by atoms with Gasteiger partial charge in [0.25, 0.3) is 0 Å². The molecule has 0 aliphatic heterocycles. The van der Waals surface area contributed by atoms with E-state index in [1.165, 1.54) is 6.07 Å². The van der Waals surface area contributed by atoms with Crippen LogP contribution in [0.4, 0.5) is 4.39 Å². The van der Waals surface area contributed by atoms with Crippen LogP contribution in [0.5, 0.6) is 5.75 Å². The van der Waals surface area contributed by atoms with Gasteiger partial charge in [-0.2, -0.15) is 0 Å². The highest BCUT2D eigenvalue weighted by Gasteiger charge is 2.05. The predicted molar refractivity (Wildman–Crippen MR) is 74.5 cm³/mol. The van der Waals surface area contributed by atoms with Gasteiger partial charge < -0.3 is 4.74 Å². The summed E-state index contributed by atoms with van der Waals surface area (Å²) in [7, 11) is 1.60. The highest BCUT2D eigenvalue weighted by molar-refractivity contribution is 5.66. The Balaban J connectivity index is 0.000000771. The standard InChI is InChI=1S/C14H13FO.C2H6/c1-10-6-7-14(15)13(8-10)11-4-3-5-12(9-11)16-2;1-2/h3-9H,1-2H3;1-2H3. The maximum Gasteiger partial charge on any atom is 0.131 e. The Labute approximate surface area is 108 Å². The van der Waals surface area contributed by atoms with Gasteiger partial charge in [0, 0.05) is 5.56 Å². The second kappa shape index (κ2) is 6.80. The van der Waals surface area contributed by atoms with E-state index in [1.54, 1.807) is 13.2 Å². The average molecular weight is 246 g/mol. The first kappa shape index (κ1) is 14.2. The SMILES string of the molecule is CC.COc1cccc(-c2cc(C)ccc2F)c1. The van der Waals surface area contributed by atoms with Crippen LogP contribution in [0.2, 0.25) is 0 Å². The van der Waals surface area contributed by atoms with Crippen molar-refractivity contribution in [2.45, 2.75) is 20.8 Å². The van der Waals surface area contributed by atoms with Crippen molar-refractivity contribution in [2.75, 3.05) is 7.11 Å². The maximum absolute atomic E-state index is 13.7. The van der Waals surface area contributed by atoms with Gasteiger partial charge in [-0.05, 0) is 36.8 Å². The van der Waals surface area contributed by atoms with Gasteiger partial charge >= 0.3 is 0 Å². The predicted octanol–water partition coefficient (Wildman–Crippen LogP) is 4.84. The first-order valence-electron chi connectivity index (χ1n) is 6.11. The Hall–Kier alpha value is -1.83. The summed E-state index contributed by atoms with van der Waals surface area (Å²) >= 11 is 0. The number of aryl methyl sites for hydroxylation is 1. The molecule has 2 aromatic carbocycles. The van der Waals surface area contributed by atoms with Gasteiger partial charge in [0.2, 0.25) is 0 Å². The zero-order valence-electron chi connectivity index (χ0n) is 11.3. The number of benzene rings is 2. The normalized spacial score (nSPS) is 9.39. The van der Waals surface area contributed by atoms with Crippen LogP contribution in [0.3, 0.4) is 0 Å². The highest BCUT2D eigenvalue weighted by Crippen LogP contribution is 2.26. The molecule has 0 radical (unpaired) electrons. The largest absolute Gasteiger partial charge is 0.497 e. The monoisotopic (exact) mass is 246 g/mol. The lowest BCUT2D eigenvalue weighted by atomic mass is 10.0. The summed E-state index contributed by atoms with van der Waals surface area (Å²) in [5.41, 5.74) is 2.48. The Morgan fingerprint density at radius 2 is 1.72 bits per heavy atom. The number of methoxy groups -OCH3 is 1. The van der Waals surface area contributed by atoms with Crippen molar-refractivity contribution in [1.29, 1.82) is 0 Å². The van der Waals surface area contributed by atoms with Crippen molar-refractivity contribution < 1.29 is 9.13 Å². The van der Waals surface area contributed by atoms with Gasteiger partial charge in [-0.25, -0.2) is 4.39 Å². The lowest BCUT2D eigenvalue weighted by Gasteiger charge is -2.06. The van der Waals surface area contributed by atoms with E-state index in [9.17, 15) is 4.39 Å². The lowest BCUT2D eigenvalue weighted by Crippen LogP contribution is -1.87. The fourth-order valence-corrected chi connectivity index (χ4v) is 1.65. The molecule has 0 N–H and O–H groups in total. The summed E-state index contributed by atoms with van der Waals surface area (Å²) in [5, 5.41) is 0. The lowest BCUT2D eigenvalue weighted by molar-refractivity contribution is 0.415. The quantitative estimate of drug-likeness (QED) is 0.737. The molecular weight excluding hydrogens is 227 g/mol. The van der Waals surface area contributed by atoms with Crippen molar-refractivity contribution in [1.82, 2.24) is 0 Å². The Morgan fingerprint density at radius 1 is 1.00 bits per heavy atom. The van der Waals surface area contributed by atoms with Crippen molar-refractivity contribution >= 4 is 0 Å². The van der Waals surface area contributed by atoms with E-state index in [4.69, 9.17) is 4.74 Å². The fourth-order valence-electron chi connectivity index (χ4n) is 1.65. The molecular formula is C16H19FO. The number of hydrogen-bond donors (Lipinski definition) is 0. The van der Waals surface area contributed by atoms with E-state index in [1.807, 2.05) is 51.1 Å². The molecule has 0 heterocycles. The molecule has 0 spiro atoms. The van der Waals surface area contributed by atoms with Crippen molar-refractivity contribution in [3.8, 4) is 16.9 Å². The molecule has 0 fully saturated rings.